The summed E-state index contributed by atoms with van der Waals surface area (Å²) in [5, 5.41) is 3.28. The van der Waals surface area contributed by atoms with Crippen molar-refractivity contribution in [1.29, 1.82) is 0 Å². The molecule has 1 nitrogen and oxygen atoms in total. The SMILES string of the molecule is Cc1ccc(CC2CCCNC2)c(F)c1F. The van der Waals surface area contributed by atoms with Crippen LogP contribution in [0.15, 0.2) is 12.1 Å². The first-order valence-corrected chi connectivity index (χ1v) is 5.82. The zero-order valence-electron chi connectivity index (χ0n) is 9.52. The molecule has 1 aromatic rings. The first-order valence-electron chi connectivity index (χ1n) is 5.82. The van der Waals surface area contributed by atoms with Crippen molar-refractivity contribution >= 4 is 0 Å². The molecule has 3 heteroatoms. The zero-order chi connectivity index (χ0) is 11.5. The largest absolute Gasteiger partial charge is 0.316 e. The fourth-order valence-electron chi connectivity index (χ4n) is 2.25. The third-order valence-electron chi connectivity index (χ3n) is 3.26. The van der Waals surface area contributed by atoms with Gasteiger partial charge in [0.2, 0.25) is 0 Å². The standard InChI is InChI=1S/C13H17F2N/c1-9-4-5-11(13(15)12(9)14)7-10-3-2-6-16-8-10/h4-5,10,16H,2-3,6-8H2,1H3. The smallest absolute Gasteiger partial charge is 0.162 e. The van der Waals surface area contributed by atoms with E-state index in [4.69, 9.17) is 0 Å². The Labute approximate surface area is 94.9 Å². The molecule has 1 saturated heterocycles. The van der Waals surface area contributed by atoms with Crippen LogP contribution < -0.4 is 5.32 Å². The Balaban J connectivity index is 2.11. The first kappa shape index (κ1) is 11.5. The van der Waals surface area contributed by atoms with Crippen molar-refractivity contribution in [2.75, 3.05) is 13.1 Å². The predicted molar refractivity (Wildman–Crippen MR) is 60.4 cm³/mol. The monoisotopic (exact) mass is 225 g/mol. The van der Waals surface area contributed by atoms with E-state index in [9.17, 15) is 8.78 Å². The van der Waals surface area contributed by atoms with Crippen molar-refractivity contribution < 1.29 is 8.78 Å². The van der Waals surface area contributed by atoms with E-state index in [0.29, 0.717) is 23.5 Å². The summed E-state index contributed by atoms with van der Waals surface area (Å²) >= 11 is 0. The van der Waals surface area contributed by atoms with Crippen LogP contribution in [0.25, 0.3) is 0 Å². The van der Waals surface area contributed by atoms with Crippen molar-refractivity contribution in [2.45, 2.75) is 26.2 Å². The van der Waals surface area contributed by atoms with E-state index >= 15 is 0 Å². The average Bonchev–Trinajstić information content (AvgIpc) is 2.31. The van der Waals surface area contributed by atoms with Gasteiger partial charge < -0.3 is 5.32 Å². The van der Waals surface area contributed by atoms with E-state index in [0.717, 1.165) is 25.9 Å². The summed E-state index contributed by atoms with van der Waals surface area (Å²) in [6.07, 6.45) is 2.86. The molecule has 0 amide bonds. The summed E-state index contributed by atoms with van der Waals surface area (Å²) in [6, 6.07) is 3.37. The molecule has 1 aliphatic heterocycles. The molecule has 0 aliphatic carbocycles. The Kier molecular flexibility index (Phi) is 3.54. The molecule has 0 saturated carbocycles. The van der Waals surface area contributed by atoms with E-state index in [1.807, 2.05) is 0 Å². The van der Waals surface area contributed by atoms with E-state index < -0.39 is 11.6 Å². The average molecular weight is 225 g/mol. The number of aryl methyl sites for hydroxylation is 1. The molecule has 16 heavy (non-hydrogen) atoms. The molecule has 0 aromatic heterocycles. The number of hydrogen-bond acceptors (Lipinski definition) is 1. The van der Waals surface area contributed by atoms with Gasteiger partial charge in [0.25, 0.3) is 0 Å². The van der Waals surface area contributed by atoms with Crippen LogP contribution in [-0.2, 0) is 6.42 Å². The summed E-state index contributed by atoms with van der Waals surface area (Å²) in [4.78, 5) is 0. The molecule has 2 rings (SSSR count). The lowest BCUT2D eigenvalue weighted by molar-refractivity contribution is 0.369. The molecule has 1 unspecified atom stereocenters. The van der Waals surface area contributed by atoms with Crippen LogP contribution in [-0.4, -0.2) is 13.1 Å². The molecular weight excluding hydrogens is 208 g/mol. The molecule has 1 N–H and O–H groups in total. The normalized spacial score (nSPS) is 21.1. The highest BCUT2D eigenvalue weighted by molar-refractivity contribution is 5.25. The minimum atomic E-state index is -0.693. The minimum absolute atomic E-state index is 0.378. The van der Waals surface area contributed by atoms with Crippen molar-refractivity contribution in [1.82, 2.24) is 5.32 Å². The quantitative estimate of drug-likeness (QED) is 0.816. The van der Waals surface area contributed by atoms with Gasteiger partial charge in [0.1, 0.15) is 0 Å². The number of hydrogen-bond donors (Lipinski definition) is 1. The van der Waals surface area contributed by atoms with Crippen LogP contribution in [0.3, 0.4) is 0 Å². The molecule has 1 aromatic carbocycles. The van der Waals surface area contributed by atoms with Crippen molar-refractivity contribution in [3.63, 3.8) is 0 Å². The van der Waals surface area contributed by atoms with Gasteiger partial charge in [-0.05, 0) is 56.3 Å². The van der Waals surface area contributed by atoms with E-state index in [1.165, 1.54) is 0 Å². The molecule has 1 heterocycles. The Bertz CT molecular complexity index is 370. The number of benzene rings is 1. The van der Waals surface area contributed by atoms with Gasteiger partial charge >= 0.3 is 0 Å². The predicted octanol–water partition coefficient (Wildman–Crippen LogP) is 2.82. The third kappa shape index (κ3) is 2.40. The second-order valence-electron chi connectivity index (χ2n) is 4.59. The fourth-order valence-corrected chi connectivity index (χ4v) is 2.25. The maximum Gasteiger partial charge on any atom is 0.162 e. The Morgan fingerprint density at radius 2 is 2.12 bits per heavy atom. The van der Waals surface area contributed by atoms with Crippen LogP contribution in [0.1, 0.15) is 24.0 Å². The van der Waals surface area contributed by atoms with Crippen LogP contribution >= 0.6 is 0 Å². The highest BCUT2D eigenvalue weighted by atomic mass is 19.2. The summed E-state index contributed by atoms with van der Waals surface area (Å²) in [7, 11) is 0. The highest BCUT2D eigenvalue weighted by Crippen LogP contribution is 2.21. The van der Waals surface area contributed by atoms with Gasteiger partial charge in [0.05, 0.1) is 0 Å². The molecular formula is C13H17F2N. The van der Waals surface area contributed by atoms with Crippen LogP contribution in [0, 0.1) is 24.5 Å². The summed E-state index contributed by atoms with van der Waals surface area (Å²) in [5.74, 6) is -0.919. The van der Waals surface area contributed by atoms with Gasteiger partial charge in [-0.2, -0.15) is 0 Å². The van der Waals surface area contributed by atoms with Gasteiger partial charge in [-0.25, -0.2) is 8.78 Å². The number of nitrogens with one attached hydrogen (secondary N) is 1. The Hall–Kier alpha value is -0.960. The minimum Gasteiger partial charge on any atom is -0.316 e. The van der Waals surface area contributed by atoms with Gasteiger partial charge in [0, 0.05) is 0 Å². The van der Waals surface area contributed by atoms with E-state index in [-0.39, 0.29) is 0 Å². The van der Waals surface area contributed by atoms with Gasteiger partial charge in [-0.1, -0.05) is 12.1 Å². The number of halogens is 2. The first-order chi connectivity index (χ1) is 7.68. The van der Waals surface area contributed by atoms with Crippen molar-refractivity contribution in [2.24, 2.45) is 5.92 Å². The summed E-state index contributed by atoms with van der Waals surface area (Å²) in [6.45, 7) is 3.54. The van der Waals surface area contributed by atoms with E-state index in [1.54, 1.807) is 19.1 Å². The molecule has 1 aliphatic rings. The number of rotatable bonds is 2. The van der Waals surface area contributed by atoms with Crippen LogP contribution in [0.5, 0.6) is 0 Å². The molecule has 0 radical (unpaired) electrons. The van der Waals surface area contributed by atoms with Gasteiger partial charge in [-0.15, -0.1) is 0 Å². The number of piperidine rings is 1. The van der Waals surface area contributed by atoms with E-state index in [2.05, 4.69) is 5.32 Å². The van der Waals surface area contributed by atoms with Gasteiger partial charge in [-0.3, -0.25) is 0 Å². The lowest BCUT2D eigenvalue weighted by Gasteiger charge is -2.23. The summed E-state index contributed by atoms with van der Waals surface area (Å²) < 4.78 is 27.0. The molecule has 0 spiro atoms. The van der Waals surface area contributed by atoms with Crippen LogP contribution in [0.4, 0.5) is 8.78 Å². The van der Waals surface area contributed by atoms with Gasteiger partial charge in [0.15, 0.2) is 11.6 Å². The highest BCUT2D eigenvalue weighted by Gasteiger charge is 2.17. The maximum absolute atomic E-state index is 13.6. The maximum atomic E-state index is 13.6. The lowest BCUT2D eigenvalue weighted by atomic mass is 9.91. The molecule has 88 valence electrons. The van der Waals surface area contributed by atoms with Crippen LogP contribution in [0.2, 0.25) is 0 Å². The van der Waals surface area contributed by atoms with Crippen molar-refractivity contribution in [3.05, 3.63) is 34.9 Å². The lowest BCUT2D eigenvalue weighted by Crippen LogP contribution is -2.31. The Morgan fingerprint density at radius 1 is 1.31 bits per heavy atom. The third-order valence-corrected chi connectivity index (χ3v) is 3.26. The molecule has 0 bridgehead atoms. The molecule has 1 fully saturated rings. The molecule has 1 atom stereocenters. The topological polar surface area (TPSA) is 12.0 Å². The second kappa shape index (κ2) is 4.91. The van der Waals surface area contributed by atoms with Crippen molar-refractivity contribution in [3.8, 4) is 0 Å². The zero-order valence-corrected chi connectivity index (χ0v) is 9.52. The summed E-state index contributed by atoms with van der Waals surface area (Å²) in [5.41, 5.74) is 0.889. The fraction of sp³-hybridized carbons (Fsp3) is 0.538. The Morgan fingerprint density at radius 3 is 2.81 bits per heavy atom. The second-order valence-corrected chi connectivity index (χ2v) is 4.59.